The first kappa shape index (κ1) is 21.4. The zero-order valence-corrected chi connectivity index (χ0v) is 19.6. The molecule has 0 atom stereocenters. The van der Waals surface area contributed by atoms with Gasteiger partial charge in [0, 0.05) is 26.5 Å². The number of methoxy groups -OCH3 is 1. The van der Waals surface area contributed by atoms with Crippen molar-refractivity contribution in [1.29, 1.82) is 0 Å². The summed E-state index contributed by atoms with van der Waals surface area (Å²) >= 11 is 4.48. The maximum Gasteiger partial charge on any atom is 0.354 e. The zero-order chi connectivity index (χ0) is 23.1. The lowest BCUT2D eigenvalue weighted by atomic mass is 10.1. The summed E-state index contributed by atoms with van der Waals surface area (Å²) < 4.78 is 13.2. The molecule has 2 aromatic heterocycles. The zero-order valence-electron chi connectivity index (χ0n) is 17.2. The molecule has 0 fully saturated rings. The number of hydrogen-bond donors (Lipinski definition) is 1. The molecule has 0 saturated carbocycles. The monoisotopic (exact) mass is 521 g/mol. The third kappa shape index (κ3) is 3.61. The van der Waals surface area contributed by atoms with Gasteiger partial charge >= 0.3 is 5.63 Å². The van der Waals surface area contributed by atoms with E-state index in [1.54, 1.807) is 36.4 Å². The van der Waals surface area contributed by atoms with E-state index in [0.29, 0.717) is 27.2 Å². The SMILES string of the molecule is COc1ccc2c3oc(=O)c(Sc4ccccc4Br)c(O)c3c(=O)n(-c3ccccc3)c2c1. The van der Waals surface area contributed by atoms with Crippen molar-refractivity contribution in [1.82, 2.24) is 4.57 Å². The fourth-order valence-electron chi connectivity index (χ4n) is 3.69. The van der Waals surface area contributed by atoms with Gasteiger partial charge in [0.2, 0.25) is 0 Å². The topological polar surface area (TPSA) is 81.7 Å². The molecule has 0 bridgehead atoms. The number of aromatic hydroxyl groups is 1. The van der Waals surface area contributed by atoms with Gasteiger partial charge in [0.25, 0.3) is 5.56 Å². The summed E-state index contributed by atoms with van der Waals surface area (Å²) in [6, 6.07) is 21.5. The Hall–Kier alpha value is -3.49. The van der Waals surface area contributed by atoms with E-state index < -0.39 is 16.9 Å². The third-order valence-electron chi connectivity index (χ3n) is 5.23. The van der Waals surface area contributed by atoms with Gasteiger partial charge in [-0.3, -0.25) is 9.36 Å². The maximum absolute atomic E-state index is 13.7. The van der Waals surface area contributed by atoms with Crippen LogP contribution in [0.4, 0.5) is 0 Å². The number of benzene rings is 3. The van der Waals surface area contributed by atoms with Crippen LogP contribution in [0.1, 0.15) is 0 Å². The fourth-order valence-corrected chi connectivity index (χ4v) is 5.08. The molecule has 0 spiro atoms. The minimum atomic E-state index is -0.727. The molecule has 0 aliphatic heterocycles. The molecule has 1 N–H and O–H groups in total. The average Bonchev–Trinajstić information content (AvgIpc) is 2.83. The largest absolute Gasteiger partial charge is 0.505 e. The van der Waals surface area contributed by atoms with Gasteiger partial charge in [-0.1, -0.05) is 42.1 Å². The molecule has 3 aromatic carbocycles. The highest BCUT2D eigenvalue weighted by molar-refractivity contribution is 9.10. The summed E-state index contributed by atoms with van der Waals surface area (Å²) in [6.07, 6.45) is 0. The Morgan fingerprint density at radius 2 is 1.73 bits per heavy atom. The van der Waals surface area contributed by atoms with Crippen LogP contribution in [0.2, 0.25) is 0 Å². The van der Waals surface area contributed by atoms with Crippen molar-refractivity contribution in [2.24, 2.45) is 0 Å². The highest BCUT2D eigenvalue weighted by atomic mass is 79.9. The Balaban J connectivity index is 1.90. The second-order valence-electron chi connectivity index (χ2n) is 7.16. The molecule has 0 amide bonds. The lowest BCUT2D eigenvalue weighted by Crippen LogP contribution is -2.20. The number of nitrogens with zero attached hydrogens (tertiary/aromatic N) is 1. The average molecular weight is 522 g/mol. The minimum absolute atomic E-state index is 0.0313. The normalized spacial score (nSPS) is 11.2. The van der Waals surface area contributed by atoms with Crippen LogP contribution >= 0.6 is 27.7 Å². The molecule has 5 aromatic rings. The molecule has 33 heavy (non-hydrogen) atoms. The molecule has 0 unspecified atom stereocenters. The number of para-hydroxylation sites is 1. The summed E-state index contributed by atoms with van der Waals surface area (Å²) in [5.41, 5.74) is -0.106. The lowest BCUT2D eigenvalue weighted by molar-refractivity contribution is 0.415. The van der Waals surface area contributed by atoms with Gasteiger partial charge in [-0.05, 0) is 52.3 Å². The standard InChI is InChI=1S/C25H16BrNO5S/c1-31-15-11-12-16-18(13-15)27(14-7-3-2-4-8-14)24(29)20-21(28)23(25(30)32-22(16)20)33-19-10-6-5-9-17(19)26/h2-13,28H,1H3. The van der Waals surface area contributed by atoms with Crippen LogP contribution in [0.3, 0.4) is 0 Å². The molecule has 8 heteroatoms. The van der Waals surface area contributed by atoms with Crippen LogP contribution in [-0.4, -0.2) is 16.8 Å². The predicted molar refractivity (Wildman–Crippen MR) is 132 cm³/mol. The Bertz CT molecular complexity index is 1640. The number of ether oxygens (including phenoxy) is 1. The molecule has 164 valence electrons. The Kier molecular flexibility index (Phi) is 5.47. The molecule has 2 heterocycles. The van der Waals surface area contributed by atoms with Crippen LogP contribution in [0, 0.1) is 0 Å². The minimum Gasteiger partial charge on any atom is -0.505 e. The molecular weight excluding hydrogens is 506 g/mol. The number of pyridine rings is 1. The van der Waals surface area contributed by atoms with Crippen molar-refractivity contribution in [3.05, 3.63) is 98.0 Å². The molecule has 0 aliphatic carbocycles. The van der Waals surface area contributed by atoms with Gasteiger partial charge < -0.3 is 14.3 Å². The first-order valence-corrected chi connectivity index (χ1v) is 11.5. The van der Waals surface area contributed by atoms with E-state index in [1.165, 1.54) is 11.7 Å². The third-order valence-corrected chi connectivity index (χ3v) is 7.32. The molecule has 0 radical (unpaired) electrons. The van der Waals surface area contributed by atoms with Crippen LogP contribution in [0.5, 0.6) is 11.5 Å². The molecule has 0 saturated heterocycles. The van der Waals surface area contributed by atoms with Gasteiger partial charge in [-0.2, -0.15) is 0 Å². The Morgan fingerprint density at radius 1 is 1.00 bits per heavy atom. The van der Waals surface area contributed by atoms with Crippen molar-refractivity contribution in [3.8, 4) is 17.2 Å². The molecular formula is C25H16BrNO5S. The summed E-state index contributed by atoms with van der Waals surface area (Å²) in [5, 5.41) is 11.6. The van der Waals surface area contributed by atoms with E-state index in [0.717, 1.165) is 16.2 Å². The van der Waals surface area contributed by atoms with Crippen molar-refractivity contribution in [2.75, 3.05) is 7.11 Å². The molecule has 0 aliphatic rings. The van der Waals surface area contributed by atoms with E-state index in [4.69, 9.17) is 9.15 Å². The molecule has 6 nitrogen and oxygen atoms in total. The van der Waals surface area contributed by atoms with Crippen molar-refractivity contribution < 1.29 is 14.3 Å². The van der Waals surface area contributed by atoms with Crippen LogP contribution in [-0.2, 0) is 0 Å². The number of fused-ring (bicyclic) bond motifs is 3. The van der Waals surface area contributed by atoms with E-state index in [-0.39, 0.29) is 15.9 Å². The van der Waals surface area contributed by atoms with Gasteiger partial charge in [0.1, 0.15) is 16.0 Å². The summed E-state index contributed by atoms with van der Waals surface area (Å²) in [4.78, 5) is 27.3. The predicted octanol–water partition coefficient (Wildman–Crippen LogP) is 5.73. The lowest BCUT2D eigenvalue weighted by Gasteiger charge is -2.15. The molecule has 5 rings (SSSR count). The summed E-state index contributed by atoms with van der Waals surface area (Å²) in [7, 11) is 1.53. The highest BCUT2D eigenvalue weighted by Crippen LogP contribution is 2.40. The maximum atomic E-state index is 13.7. The van der Waals surface area contributed by atoms with E-state index in [9.17, 15) is 14.7 Å². The summed E-state index contributed by atoms with van der Waals surface area (Å²) in [6.45, 7) is 0. The van der Waals surface area contributed by atoms with Crippen molar-refractivity contribution in [2.45, 2.75) is 9.79 Å². The fraction of sp³-hybridized carbons (Fsp3) is 0.0400. The number of aromatic nitrogens is 1. The summed E-state index contributed by atoms with van der Waals surface area (Å²) in [5.74, 6) is 0.132. The van der Waals surface area contributed by atoms with E-state index in [2.05, 4.69) is 15.9 Å². The second kappa shape index (κ2) is 8.46. The first-order valence-electron chi connectivity index (χ1n) is 9.90. The van der Waals surface area contributed by atoms with Crippen molar-refractivity contribution >= 4 is 49.6 Å². The van der Waals surface area contributed by atoms with E-state index >= 15 is 0 Å². The Morgan fingerprint density at radius 3 is 2.45 bits per heavy atom. The van der Waals surface area contributed by atoms with Crippen molar-refractivity contribution in [3.63, 3.8) is 0 Å². The van der Waals surface area contributed by atoms with Gasteiger partial charge in [0.05, 0.1) is 12.6 Å². The highest BCUT2D eigenvalue weighted by Gasteiger charge is 2.23. The number of rotatable bonds is 4. The van der Waals surface area contributed by atoms with Crippen LogP contribution < -0.4 is 15.9 Å². The first-order chi connectivity index (χ1) is 16.0. The Labute approximate surface area is 200 Å². The number of hydrogen-bond acceptors (Lipinski definition) is 6. The smallest absolute Gasteiger partial charge is 0.354 e. The second-order valence-corrected chi connectivity index (χ2v) is 9.07. The quantitative estimate of drug-likeness (QED) is 0.304. The van der Waals surface area contributed by atoms with E-state index in [1.807, 2.05) is 36.4 Å². The van der Waals surface area contributed by atoms with Gasteiger partial charge in [0.15, 0.2) is 11.3 Å². The number of halogens is 1. The van der Waals surface area contributed by atoms with Gasteiger partial charge in [-0.15, -0.1) is 0 Å². The van der Waals surface area contributed by atoms with Crippen LogP contribution in [0.25, 0.3) is 27.6 Å². The van der Waals surface area contributed by atoms with Gasteiger partial charge in [-0.25, -0.2) is 4.79 Å². The van der Waals surface area contributed by atoms with Crippen LogP contribution in [0.15, 0.2) is 101 Å².